The van der Waals surface area contributed by atoms with E-state index in [0.29, 0.717) is 5.92 Å². The third-order valence-electron chi connectivity index (χ3n) is 6.62. The molecule has 3 unspecified atom stereocenters. The number of nitrogens with one attached hydrogen (secondary N) is 1. The summed E-state index contributed by atoms with van der Waals surface area (Å²) in [5.41, 5.74) is 10.9. The van der Waals surface area contributed by atoms with Gasteiger partial charge in [0.25, 0.3) is 0 Å². The van der Waals surface area contributed by atoms with Crippen LogP contribution < -0.4 is 11.1 Å². The van der Waals surface area contributed by atoms with Crippen LogP contribution in [0.2, 0.25) is 0 Å². The summed E-state index contributed by atoms with van der Waals surface area (Å²) < 4.78 is 10.8. The Labute approximate surface area is 231 Å². The normalized spacial score (nSPS) is 19.5. The van der Waals surface area contributed by atoms with Crippen LogP contribution in [0.4, 0.5) is 11.4 Å². The molecule has 1 saturated heterocycles. The Balaban J connectivity index is 0.000000145. The number of para-hydroxylation sites is 2. The lowest BCUT2D eigenvalue weighted by Gasteiger charge is -2.36. The second-order valence-electron chi connectivity index (χ2n) is 9.32. The van der Waals surface area contributed by atoms with Gasteiger partial charge >= 0.3 is 0 Å². The molecule has 3 atom stereocenters. The van der Waals surface area contributed by atoms with Crippen LogP contribution in [0.15, 0.2) is 128 Å². The van der Waals surface area contributed by atoms with E-state index in [-0.39, 0.29) is 12.1 Å². The van der Waals surface area contributed by atoms with Crippen LogP contribution in [0, 0.1) is 0 Å². The molecule has 7 rings (SSSR count). The van der Waals surface area contributed by atoms with E-state index in [0.717, 1.165) is 43.6 Å². The van der Waals surface area contributed by atoms with Crippen molar-refractivity contribution in [3.8, 4) is 0 Å². The highest BCUT2D eigenvalue weighted by Gasteiger charge is 2.41. The van der Waals surface area contributed by atoms with Gasteiger partial charge in [-0.15, -0.1) is 0 Å². The number of aldehydes is 1. The SMILES string of the molecule is C1=COCC1.Nc1ccccc1.O=Cc1ccccc1.c1ccc(C2Nc3ccccc3C3CCOC32)cc1. The van der Waals surface area contributed by atoms with Gasteiger partial charge in [0.15, 0.2) is 0 Å². The van der Waals surface area contributed by atoms with Crippen LogP contribution in [-0.4, -0.2) is 25.6 Å². The Morgan fingerprint density at radius 3 is 1.95 bits per heavy atom. The van der Waals surface area contributed by atoms with E-state index in [1.165, 1.54) is 16.8 Å². The number of hydrogen-bond donors (Lipinski definition) is 2. The molecule has 0 aliphatic carbocycles. The first-order chi connectivity index (χ1) is 19.3. The molecule has 200 valence electrons. The monoisotopic (exact) mass is 520 g/mol. The lowest BCUT2D eigenvalue weighted by Crippen LogP contribution is -2.34. The van der Waals surface area contributed by atoms with Gasteiger partial charge in [-0.1, -0.05) is 97.1 Å². The molecule has 4 aromatic carbocycles. The van der Waals surface area contributed by atoms with Crippen molar-refractivity contribution in [2.45, 2.75) is 30.9 Å². The number of ether oxygens (including phenoxy) is 2. The molecule has 0 radical (unpaired) electrons. The molecule has 39 heavy (non-hydrogen) atoms. The summed E-state index contributed by atoms with van der Waals surface area (Å²) in [5, 5.41) is 3.66. The fourth-order valence-corrected chi connectivity index (χ4v) is 4.73. The molecule has 3 heterocycles. The van der Waals surface area contributed by atoms with Crippen molar-refractivity contribution in [3.05, 3.63) is 144 Å². The zero-order chi connectivity index (χ0) is 27.1. The molecule has 5 heteroatoms. The number of fused-ring (bicyclic) bond motifs is 3. The van der Waals surface area contributed by atoms with E-state index in [1.54, 1.807) is 18.4 Å². The molecule has 3 aliphatic heterocycles. The Morgan fingerprint density at radius 1 is 0.769 bits per heavy atom. The van der Waals surface area contributed by atoms with Crippen molar-refractivity contribution in [3.63, 3.8) is 0 Å². The van der Waals surface area contributed by atoms with Gasteiger partial charge in [0.2, 0.25) is 0 Å². The van der Waals surface area contributed by atoms with Crippen molar-refractivity contribution in [1.82, 2.24) is 0 Å². The molecule has 0 saturated carbocycles. The van der Waals surface area contributed by atoms with Gasteiger partial charge in [0.1, 0.15) is 6.29 Å². The van der Waals surface area contributed by atoms with Gasteiger partial charge in [-0.05, 0) is 41.8 Å². The van der Waals surface area contributed by atoms with Crippen LogP contribution >= 0.6 is 0 Å². The van der Waals surface area contributed by atoms with Gasteiger partial charge in [-0.3, -0.25) is 4.79 Å². The lowest BCUT2D eigenvalue weighted by molar-refractivity contribution is 0.0851. The van der Waals surface area contributed by atoms with Crippen molar-refractivity contribution in [2.75, 3.05) is 24.3 Å². The summed E-state index contributed by atoms with van der Waals surface area (Å²) in [6, 6.07) is 38.1. The minimum absolute atomic E-state index is 0.261. The van der Waals surface area contributed by atoms with Crippen LogP contribution in [-0.2, 0) is 9.47 Å². The predicted octanol–water partition coefficient (Wildman–Crippen LogP) is 7.41. The first-order valence-electron chi connectivity index (χ1n) is 13.4. The summed E-state index contributed by atoms with van der Waals surface area (Å²) in [5.74, 6) is 0.530. The minimum atomic E-state index is 0.261. The summed E-state index contributed by atoms with van der Waals surface area (Å²) in [7, 11) is 0. The minimum Gasteiger partial charge on any atom is -0.501 e. The fraction of sp³-hybridized carbons (Fsp3) is 0.206. The Kier molecular flexibility index (Phi) is 10.8. The van der Waals surface area contributed by atoms with E-state index < -0.39 is 0 Å². The maximum absolute atomic E-state index is 10.0. The average Bonchev–Trinajstić information content (AvgIpc) is 3.75. The molecule has 3 N–H and O–H groups in total. The molecule has 1 fully saturated rings. The summed E-state index contributed by atoms with van der Waals surface area (Å²) in [4.78, 5) is 10.0. The van der Waals surface area contributed by atoms with E-state index >= 15 is 0 Å². The molecular weight excluding hydrogens is 484 g/mol. The van der Waals surface area contributed by atoms with Crippen molar-refractivity contribution < 1.29 is 14.3 Å². The molecule has 3 aliphatic rings. The zero-order valence-electron chi connectivity index (χ0n) is 22.1. The Bertz CT molecular complexity index is 1270. The first kappa shape index (κ1) is 27.7. The smallest absolute Gasteiger partial charge is 0.150 e. The van der Waals surface area contributed by atoms with Gasteiger partial charge in [0.05, 0.1) is 25.0 Å². The van der Waals surface area contributed by atoms with Gasteiger partial charge in [-0.2, -0.15) is 0 Å². The molecular formula is C34H36N2O3. The van der Waals surface area contributed by atoms with Crippen LogP contribution in [0.1, 0.15) is 46.3 Å². The number of benzene rings is 4. The molecule has 0 aromatic heterocycles. The van der Waals surface area contributed by atoms with E-state index in [4.69, 9.17) is 15.2 Å². The first-order valence-corrected chi connectivity index (χ1v) is 13.4. The largest absolute Gasteiger partial charge is 0.501 e. The summed E-state index contributed by atoms with van der Waals surface area (Å²) >= 11 is 0. The Morgan fingerprint density at radius 2 is 1.41 bits per heavy atom. The molecule has 5 nitrogen and oxygen atoms in total. The lowest BCUT2D eigenvalue weighted by atomic mass is 9.82. The summed E-state index contributed by atoms with van der Waals surface area (Å²) in [6.45, 7) is 1.76. The number of nitrogen functional groups attached to an aromatic ring is 1. The topological polar surface area (TPSA) is 73.6 Å². The van der Waals surface area contributed by atoms with Crippen molar-refractivity contribution >= 4 is 17.7 Å². The maximum Gasteiger partial charge on any atom is 0.150 e. The third kappa shape index (κ3) is 8.32. The number of carbonyl (C=O) groups is 1. The van der Waals surface area contributed by atoms with Gasteiger partial charge in [0, 0.05) is 35.9 Å². The molecule has 0 amide bonds. The van der Waals surface area contributed by atoms with E-state index in [2.05, 4.69) is 59.9 Å². The molecule has 4 aromatic rings. The average molecular weight is 521 g/mol. The zero-order valence-corrected chi connectivity index (χ0v) is 22.1. The van der Waals surface area contributed by atoms with Crippen molar-refractivity contribution in [2.24, 2.45) is 0 Å². The summed E-state index contributed by atoms with van der Waals surface area (Å²) in [6.07, 6.45) is 7.07. The number of anilines is 2. The maximum atomic E-state index is 10.0. The predicted molar refractivity (Wildman–Crippen MR) is 159 cm³/mol. The number of hydrogen-bond acceptors (Lipinski definition) is 5. The van der Waals surface area contributed by atoms with E-state index in [9.17, 15) is 4.79 Å². The highest BCUT2D eigenvalue weighted by molar-refractivity contribution is 5.74. The number of rotatable bonds is 2. The van der Waals surface area contributed by atoms with Crippen LogP contribution in [0.5, 0.6) is 0 Å². The highest BCUT2D eigenvalue weighted by atomic mass is 16.5. The van der Waals surface area contributed by atoms with Gasteiger partial charge < -0.3 is 20.5 Å². The number of nitrogens with two attached hydrogens (primary N) is 1. The van der Waals surface area contributed by atoms with Crippen molar-refractivity contribution in [1.29, 1.82) is 0 Å². The highest BCUT2D eigenvalue weighted by Crippen LogP contribution is 2.46. The second-order valence-corrected chi connectivity index (χ2v) is 9.32. The van der Waals surface area contributed by atoms with Crippen LogP contribution in [0.25, 0.3) is 0 Å². The standard InChI is InChI=1S/C17H17NO.C7H6O.C6H7N.C4H6O/c1-2-6-12(7-3-1)16-17-14(10-11-19-17)13-8-4-5-9-15(13)18-16;8-6-7-4-2-1-3-5-7;7-6-4-2-1-3-5-6;1-2-4-5-3-1/h1-9,14,16-18H,10-11H2;1-6H;1-5H,7H2;1,3H,2,4H2. The second kappa shape index (κ2) is 15.2. The fourth-order valence-electron chi connectivity index (χ4n) is 4.73. The quantitative estimate of drug-likeness (QED) is 0.213. The van der Waals surface area contributed by atoms with E-state index in [1.807, 2.05) is 54.6 Å². The Hall–Kier alpha value is -4.35. The van der Waals surface area contributed by atoms with Gasteiger partial charge in [-0.25, -0.2) is 0 Å². The molecule has 0 spiro atoms. The third-order valence-corrected chi connectivity index (χ3v) is 6.62. The molecule has 0 bridgehead atoms. The number of carbonyl (C=O) groups excluding carboxylic acids is 1. The van der Waals surface area contributed by atoms with Crippen LogP contribution in [0.3, 0.4) is 0 Å².